The van der Waals surface area contributed by atoms with E-state index >= 15 is 0 Å². The zero-order valence-corrected chi connectivity index (χ0v) is 21.2. The van der Waals surface area contributed by atoms with Gasteiger partial charge in [0.15, 0.2) is 11.6 Å². The van der Waals surface area contributed by atoms with Gasteiger partial charge in [-0.1, -0.05) is 105 Å². The third-order valence-electron chi connectivity index (χ3n) is 5.75. The van der Waals surface area contributed by atoms with Crippen molar-refractivity contribution in [2.45, 2.75) is 65.5 Å². The van der Waals surface area contributed by atoms with Crippen LogP contribution < -0.4 is 11.5 Å². The van der Waals surface area contributed by atoms with Crippen molar-refractivity contribution in [1.29, 1.82) is 0 Å². The molecule has 2 unspecified atom stereocenters. The highest BCUT2D eigenvalue weighted by atomic mass is 16.1. The minimum Gasteiger partial charge on any atom is -0.315 e. The van der Waals surface area contributed by atoms with E-state index in [2.05, 4.69) is 27.0 Å². The van der Waals surface area contributed by atoms with E-state index in [0.29, 0.717) is 28.9 Å². The summed E-state index contributed by atoms with van der Waals surface area (Å²) < 4.78 is 0. The number of carbonyl (C=O) groups excluding carboxylic acids is 2. The van der Waals surface area contributed by atoms with Crippen LogP contribution in [0.4, 0.5) is 11.4 Å². The number of rotatable bonds is 13. The van der Waals surface area contributed by atoms with Crippen LogP contribution in [-0.4, -0.2) is 17.7 Å². The van der Waals surface area contributed by atoms with Gasteiger partial charge < -0.3 is 11.5 Å². The highest BCUT2D eigenvalue weighted by molar-refractivity contribution is 6.02. The van der Waals surface area contributed by atoms with Crippen LogP contribution in [0.25, 0.3) is 20.9 Å². The molecule has 0 aromatic heterocycles. The number of nitrogens with zero attached hydrogens (tertiary/aromatic N) is 6. The molecule has 0 aliphatic rings. The summed E-state index contributed by atoms with van der Waals surface area (Å²) in [5, 5.41) is 7.08. The third kappa shape index (κ3) is 9.52. The molecule has 2 aromatic carbocycles. The molecule has 2 rings (SSSR count). The molecule has 10 nitrogen and oxygen atoms in total. The van der Waals surface area contributed by atoms with Crippen LogP contribution >= 0.6 is 0 Å². The maximum atomic E-state index is 12.4. The summed E-state index contributed by atoms with van der Waals surface area (Å²) in [7, 11) is 0. The number of hydrogen-bond donors (Lipinski definition) is 2. The summed E-state index contributed by atoms with van der Waals surface area (Å²) in [4.78, 5) is 30.1. The van der Waals surface area contributed by atoms with Gasteiger partial charge in [0.1, 0.15) is 0 Å². The maximum absolute atomic E-state index is 12.4. The van der Waals surface area contributed by atoms with E-state index in [4.69, 9.17) is 22.5 Å². The molecule has 36 heavy (non-hydrogen) atoms. The Labute approximate surface area is 212 Å². The van der Waals surface area contributed by atoms with Crippen LogP contribution in [0.1, 0.15) is 80.0 Å². The lowest BCUT2D eigenvalue weighted by Crippen LogP contribution is -2.42. The van der Waals surface area contributed by atoms with Crippen molar-refractivity contribution in [2.24, 2.45) is 33.5 Å². The molecular weight excluding hydrogens is 456 g/mol. The minimum atomic E-state index is -0.710. The van der Waals surface area contributed by atoms with Crippen LogP contribution in [0.15, 0.2) is 58.8 Å². The molecule has 10 heteroatoms. The number of Topliss-reactive ketones (excluding diaryl/α,β-unsaturated/α-hetero) is 2. The normalized spacial score (nSPS) is 11.8. The molecular formula is C26H36N8O2. The summed E-state index contributed by atoms with van der Waals surface area (Å²) >= 11 is 0. The van der Waals surface area contributed by atoms with Crippen molar-refractivity contribution < 1.29 is 9.59 Å². The van der Waals surface area contributed by atoms with Gasteiger partial charge in [-0.25, -0.2) is 0 Å². The first kappa shape index (κ1) is 30.4. The van der Waals surface area contributed by atoms with E-state index in [-0.39, 0.29) is 17.5 Å². The van der Waals surface area contributed by atoms with E-state index in [0.717, 1.165) is 32.1 Å². The smallest absolute Gasteiger partial charge is 0.169 e. The Morgan fingerprint density at radius 1 is 0.806 bits per heavy atom. The Bertz CT molecular complexity index is 1090. The van der Waals surface area contributed by atoms with Gasteiger partial charge in [0.2, 0.25) is 0 Å². The van der Waals surface area contributed by atoms with Crippen LogP contribution in [0.5, 0.6) is 0 Å². The first-order valence-corrected chi connectivity index (χ1v) is 12.2. The molecule has 0 bridgehead atoms. The topological polar surface area (TPSA) is 184 Å². The standard InChI is InChI=1S/C13H19N5O.C13H17N3O/c1-2-3-6-10(13(14)15)12(19)9-7-4-5-8-11(9)17-18-16;1-3-4-7-10(2)13(17)11-8-5-6-9-12(11)15-16-14/h4-5,7-8,10,13H,2-3,6,14-15H2,1H3;5-6,8-10H,3-4,7H2,1-2H3. The minimum absolute atomic E-state index is 0.0232. The summed E-state index contributed by atoms with van der Waals surface area (Å²) in [6.07, 6.45) is 4.77. The van der Waals surface area contributed by atoms with Gasteiger partial charge in [0, 0.05) is 38.2 Å². The highest BCUT2D eigenvalue weighted by Gasteiger charge is 2.25. The molecule has 0 heterocycles. The summed E-state index contributed by atoms with van der Waals surface area (Å²) in [6.45, 7) is 6.06. The first-order chi connectivity index (χ1) is 17.3. The van der Waals surface area contributed by atoms with Gasteiger partial charge >= 0.3 is 0 Å². The predicted molar refractivity (Wildman–Crippen MR) is 143 cm³/mol. The first-order valence-electron chi connectivity index (χ1n) is 12.2. The monoisotopic (exact) mass is 492 g/mol. The molecule has 2 atom stereocenters. The molecule has 0 saturated heterocycles. The lowest BCUT2D eigenvalue weighted by molar-refractivity contribution is 0.0891. The Kier molecular flexibility index (Phi) is 14.2. The maximum Gasteiger partial charge on any atom is 0.169 e. The second-order valence-electron chi connectivity index (χ2n) is 8.51. The van der Waals surface area contributed by atoms with Gasteiger partial charge in [0.05, 0.1) is 12.1 Å². The number of ketones is 2. The number of nitrogens with two attached hydrogens (primary N) is 2. The van der Waals surface area contributed by atoms with E-state index in [1.165, 1.54) is 0 Å². The van der Waals surface area contributed by atoms with Gasteiger partial charge in [-0.05, 0) is 23.9 Å². The number of azide groups is 2. The molecule has 0 fully saturated rings. The van der Waals surface area contributed by atoms with Gasteiger partial charge in [-0.15, -0.1) is 0 Å². The molecule has 0 spiro atoms. The Morgan fingerprint density at radius 2 is 1.25 bits per heavy atom. The van der Waals surface area contributed by atoms with Crippen molar-refractivity contribution >= 4 is 22.9 Å². The Morgan fingerprint density at radius 3 is 1.69 bits per heavy atom. The number of carbonyl (C=O) groups is 2. The third-order valence-corrected chi connectivity index (χ3v) is 5.75. The number of benzene rings is 2. The number of hydrogen-bond acceptors (Lipinski definition) is 6. The van der Waals surface area contributed by atoms with Crippen LogP contribution in [0.3, 0.4) is 0 Å². The van der Waals surface area contributed by atoms with E-state index in [1.807, 2.05) is 13.8 Å². The molecule has 0 aliphatic heterocycles. The van der Waals surface area contributed by atoms with Crippen molar-refractivity contribution in [3.05, 3.63) is 80.5 Å². The van der Waals surface area contributed by atoms with Crippen molar-refractivity contribution in [2.75, 3.05) is 0 Å². The average molecular weight is 493 g/mol. The molecule has 2 aromatic rings. The fourth-order valence-electron chi connectivity index (χ4n) is 3.66. The second kappa shape index (κ2) is 16.9. The van der Waals surface area contributed by atoms with E-state index < -0.39 is 12.1 Å². The zero-order valence-electron chi connectivity index (χ0n) is 21.2. The highest BCUT2D eigenvalue weighted by Crippen LogP contribution is 2.25. The van der Waals surface area contributed by atoms with E-state index in [1.54, 1.807) is 48.5 Å². The molecule has 192 valence electrons. The predicted octanol–water partition coefficient (Wildman–Crippen LogP) is 7.50. The summed E-state index contributed by atoms with van der Waals surface area (Å²) in [6, 6.07) is 13.6. The molecule has 0 radical (unpaired) electrons. The quantitative estimate of drug-likeness (QED) is 0.0964. The van der Waals surface area contributed by atoms with Gasteiger partial charge in [-0.2, -0.15) is 0 Å². The lowest BCUT2D eigenvalue weighted by atomic mass is 9.90. The van der Waals surface area contributed by atoms with Crippen molar-refractivity contribution in [3.63, 3.8) is 0 Å². The van der Waals surface area contributed by atoms with Crippen LogP contribution in [0.2, 0.25) is 0 Å². The van der Waals surface area contributed by atoms with Crippen LogP contribution in [0, 0.1) is 11.8 Å². The summed E-state index contributed by atoms with van der Waals surface area (Å²) in [5.41, 5.74) is 30.0. The van der Waals surface area contributed by atoms with E-state index in [9.17, 15) is 9.59 Å². The van der Waals surface area contributed by atoms with Crippen molar-refractivity contribution in [3.8, 4) is 0 Å². The fourth-order valence-corrected chi connectivity index (χ4v) is 3.66. The Balaban J connectivity index is 0.000000362. The van der Waals surface area contributed by atoms with Crippen molar-refractivity contribution in [1.82, 2.24) is 0 Å². The average Bonchev–Trinajstić information content (AvgIpc) is 2.88. The SMILES string of the molecule is CCCCC(C(=O)c1ccccc1N=[N+]=[N-])C(N)N.CCCCC(C)C(=O)c1ccccc1N=[N+]=[N-]. The largest absolute Gasteiger partial charge is 0.315 e. The van der Waals surface area contributed by atoms with Gasteiger partial charge in [-0.3, -0.25) is 9.59 Å². The molecule has 0 amide bonds. The van der Waals surface area contributed by atoms with Gasteiger partial charge in [0.25, 0.3) is 0 Å². The number of unbranched alkanes of at least 4 members (excludes halogenated alkanes) is 2. The zero-order chi connectivity index (χ0) is 26.9. The lowest BCUT2D eigenvalue weighted by Gasteiger charge is -2.19. The second-order valence-corrected chi connectivity index (χ2v) is 8.51. The Hall–Kier alpha value is -3.68. The van der Waals surface area contributed by atoms with Crippen LogP contribution in [-0.2, 0) is 0 Å². The molecule has 0 saturated carbocycles. The fraction of sp³-hybridized carbons (Fsp3) is 0.462. The molecule has 0 aliphatic carbocycles. The summed E-state index contributed by atoms with van der Waals surface area (Å²) in [5.74, 6) is -0.576. The molecule has 4 N–H and O–H groups in total.